The van der Waals surface area contributed by atoms with Crippen molar-refractivity contribution in [3.8, 4) is 17.0 Å². The van der Waals surface area contributed by atoms with Crippen LogP contribution in [0.2, 0.25) is 0 Å². The molecule has 21 heavy (non-hydrogen) atoms. The molecule has 0 saturated carbocycles. The summed E-state index contributed by atoms with van der Waals surface area (Å²) in [6.45, 7) is 2.22. The van der Waals surface area contributed by atoms with E-state index in [9.17, 15) is 9.90 Å². The number of anilines is 1. The van der Waals surface area contributed by atoms with Gasteiger partial charge in [-0.05, 0) is 18.6 Å². The number of hydrogen-bond acceptors (Lipinski definition) is 5. The number of rotatable bonds is 1. The smallest absolute Gasteiger partial charge is 0.407 e. The molecule has 3 rings (SSSR count). The Kier molecular flexibility index (Phi) is 2.90. The van der Waals surface area contributed by atoms with Crippen molar-refractivity contribution in [3.63, 3.8) is 0 Å². The molecule has 1 aromatic heterocycles. The topological polar surface area (TPSA) is 113 Å². The zero-order chi connectivity index (χ0) is 15.1. The van der Waals surface area contributed by atoms with Gasteiger partial charge in [-0.15, -0.1) is 0 Å². The number of phenolic OH excluding ortho intramolecular Hbond substituents is 1. The van der Waals surface area contributed by atoms with Crippen LogP contribution in [-0.4, -0.2) is 31.2 Å². The minimum absolute atomic E-state index is 0.0682. The zero-order valence-electron chi connectivity index (χ0n) is 11.4. The first-order valence-electron chi connectivity index (χ1n) is 6.39. The van der Waals surface area contributed by atoms with Crippen LogP contribution in [0.25, 0.3) is 11.3 Å². The molecule has 7 nitrogen and oxygen atoms in total. The number of carboxylic acid groups (broad SMARTS) is 1. The van der Waals surface area contributed by atoms with Crippen LogP contribution in [0.5, 0.6) is 5.75 Å². The van der Waals surface area contributed by atoms with E-state index in [4.69, 9.17) is 10.8 Å². The second-order valence-electron chi connectivity index (χ2n) is 4.96. The van der Waals surface area contributed by atoms with Gasteiger partial charge in [-0.3, -0.25) is 4.90 Å². The molecule has 0 fully saturated rings. The van der Waals surface area contributed by atoms with Gasteiger partial charge in [0.05, 0.1) is 24.5 Å². The van der Waals surface area contributed by atoms with Crippen molar-refractivity contribution in [2.45, 2.75) is 20.0 Å². The van der Waals surface area contributed by atoms with Crippen molar-refractivity contribution in [2.75, 3.05) is 5.73 Å². The van der Waals surface area contributed by atoms with Gasteiger partial charge in [0.1, 0.15) is 5.75 Å². The highest BCUT2D eigenvalue weighted by atomic mass is 16.4. The molecule has 1 aliphatic rings. The summed E-state index contributed by atoms with van der Waals surface area (Å²) in [5.41, 5.74) is 8.90. The van der Waals surface area contributed by atoms with Crippen LogP contribution in [0.3, 0.4) is 0 Å². The molecule has 0 radical (unpaired) electrons. The van der Waals surface area contributed by atoms with Crippen LogP contribution in [0.15, 0.2) is 18.2 Å². The van der Waals surface area contributed by atoms with Gasteiger partial charge in [0.25, 0.3) is 0 Å². The summed E-state index contributed by atoms with van der Waals surface area (Å²) in [4.78, 5) is 20.7. The zero-order valence-corrected chi connectivity index (χ0v) is 11.4. The van der Waals surface area contributed by atoms with Gasteiger partial charge in [-0.2, -0.15) is 0 Å². The molecule has 0 unspecified atom stereocenters. The maximum Gasteiger partial charge on any atom is 0.407 e. The highest BCUT2D eigenvalue weighted by Crippen LogP contribution is 2.37. The molecule has 4 N–H and O–H groups in total. The fraction of sp³-hybridized carbons (Fsp3) is 0.214. The van der Waals surface area contributed by atoms with E-state index in [0.29, 0.717) is 22.5 Å². The average molecular weight is 286 g/mol. The number of phenols is 1. The van der Waals surface area contributed by atoms with Crippen molar-refractivity contribution < 1.29 is 15.0 Å². The molecular formula is C14H14N4O3. The van der Waals surface area contributed by atoms with Gasteiger partial charge >= 0.3 is 6.09 Å². The summed E-state index contributed by atoms with van der Waals surface area (Å²) in [7, 11) is 0. The predicted molar refractivity (Wildman–Crippen MR) is 75.6 cm³/mol. The molecule has 0 spiro atoms. The van der Waals surface area contributed by atoms with Crippen molar-refractivity contribution in [3.05, 3.63) is 35.0 Å². The molecule has 0 saturated heterocycles. The fourth-order valence-corrected chi connectivity index (χ4v) is 2.58. The highest BCUT2D eigenvalue weighted by Gasteiger charge is 2.29. The number of aromatic hydroxyl groups is 1. The fourth-order valence-electron chi connectivity index (χ4n) is 2.58. The summed E-state index contributed by atoms with van der Waals surface area (Å²) in [6.07, 6.45) is -1.02. The number of carbonyl (C=O) groups is 1. The molecule has 1 aliphatic heterocycles. The Morgan fingerprint density at radius 3 is 2.76 bits per heavy atom. The van der Waals surface area contributed by atoms with Crippen molar-refractivity contribution in [2.24, 2.45) is 0 Å². The second kappa shape index (κ2) is 4.62. The lowest BCUT2D eigenvalue weighted by atomic mass is 10.00. The van der Waals surface area contributed by atoms with E-state index in [2.05, 4.69) is 9.97 Å². The molecule has 0 bridgehead atoms. The van der Waals surface area contributed by atoms with E-state index in [1.807, 2.05) is 13.0 Å². The summed E-state index contributed by atoms with van der Waals surface area (Å²) >= 11 is 0. The molecule has 2 heterocycles. The lowest BCUT2D eigenvalue weighted by Gasteiger charge is -2.12. The largest absolute Gasteiger partial charge is 0.507 e. The average Bonchev–Trinajstić information content (AvgIpc) is 2.82. The monoisotopic (exact) mass is 286 g/mol. The number of benzene rings is 1. The Labute approximate surface area is 120 Å². The highest BCUT2D eigenvalue weighted by molar-refractivity contribution is 5.76. The Morgan fingerprint density at radius 2 is 2.10 bits per heavy atom. The molecule has 0 atom stereocenters. The molecule has 1 amide bonds. The molecule has 2 aromatic rings. The molecule has 7 heteroatoms. The Bertz CT molecular complexity index is 725. The third-order valence-corrected chi connectivity index (χ3v) is 3.56. The van der Waals surface area contributed by atoms with Crippen LogP contribution in [0.4, 0.5) is 10.7 Å². The van der Waals surface area contributed by atoms with Crippen LogP contribution in [0, 0.1) is 6.92 Å². The SMILES string of the molecule is Cc1cccc(O)c1-c1nc(N)nc2c1CN(C(=O)O)C2. The number of nitrogens with zero attached hydrogens (tertiary/aromatic N) is 3. The van der Waals surface area contributed by atoms with E-state index in [0.717, 1.165) is 5.56 Å². The number of nitrogens with two attached hydrogens (primary N) is 1. The number of fused-ring (bicyclic) bond motifs is 1. The standard InChI is InChI=1S/C14H14N4O3/c1-7-3-2-4-10(19)11(7)12-8-5-18(14(20)21)6-9(8)16-13(15)17-12/h2-4,19H,5-6H2,1H3,(H,20,21)(H2,15,16,17). The maximum atomic E-state index is 11.1. The lowest BCUT2D eigenvalue weighted by molar-refractivity contribution is 0.145. The van der Waals surface area contributed by atoms with Crippen LogP contribution >= 0.6 is 0 Å². The van der Waals surface area contributed by atoms with E-state index in [-0.39, 0.29) is 24.8 Å². The van der Waals surface area contributed by atoms with Gasteiger partial charge in [-0.1, -0.05) is 12.1 Å². The Balaban J connectivity index is 2.20. The number of aryl methyl sites for hydroxylation is 1. The summed E-state index contributed by atoms with van der Waals surface area (Å²) in [6, 6.07) is 5.16. The number of hydrogen-bond donors (Lipinski definition) is 3. The third-order valence-electron chi connectivity index (χ3n) is 3.56. The van der Waals surface area contributed by atoms with Gasteiger partial charge < -0.3 is 15.9 Å². The van der Waals surface area contributed by atoms with E-state index >= 15 is 0 Å². The van der Waals surface area contributed by atoms with Gasteiger partial charge in [0, 0.05) is 11.1 Å². The van der Waals surface area contributed by atoms with Crippen molar-refractivity contribution in [1.82, 2.24) is 14.9 Å². The van der Waals surface area contributed by atoms with Crippen LogP contribution < -0.4 is 5.73 Å². The second-order valence-corrected chi connectivity index (χ2v) is 4.96. The number of aromatic nitrogens is 2. The minimum atomic E-state index is -1.02. The van der Waals surface area contributed by atoms with Crippen molar-refractivity contribution in [1.29, 1.82) is 0 Å². The quantitative estimate of drug-likeness (QED) is 0.736. The van der Waals surface area contributed by atoms with Crippen molar-refractivity contribution >= 4 is 12.0 Å². The maximum absolute atomic E-state index is 11.1. The lowest BCUT2D eigenvalue weighted by Crippen LogP contribution is -2.22. The normalized spacial score (nSPS) is 13.3. The van der Waals surface area contributed by atoms with Gasteiger partial charge in [0.15, 0.2) is 0 Å². The van der Waals surface area contributed by atoms with Crippen LogP contribution in [-0.2, 0) is 13.1 Å². The third kappa shape index (κ3) is 2.12. The Hall–Kier alpha value is -2.83. The van der Waals surface area contributed by atoms with Crippen LogP contribution in [0.1, 0.15) is 16.8 Å². The summed E-state index contributed by atoms with van der Waals surface area (Å²) in [5, 5.41) is 19.2. The summed E-state index contributed by atoms with van der Waals surface area (Å²) < 4.78 is 0. The van der Waals surface area contributed by atoms with E-state index in [1.54, 1.807) is 12.1 Å². The summed E-state index contributed by atoms with van der Waals surface area (Å²) in [5.74, 6) is 0.155. The first-order valence-corrected chi connectivity index (χ1v) is 6.39. The van der Waals surface area contributed by atoms with Gasteiger partial charge in [0.2, 0.25) is 5.95 Å². The number of amides is 1. The number of nitrogen functional groups attached to an aromatic ring is 1. The first-order chi connectivity index (χ1) is 9.97. The minimum Gasteiger partial charge on any atom is -0.507 e. The Morgan fingerprint density at radius 1 is 1.33 bits per heavy atom. The molecule has 0 aliphatic carbocycles. The molecule has 108 valence electrons. The van der Waals surface area contributed by atoms with E-state index < -0.39 is 6.09 Å². The van der Waals surface area contributed by atoms with E-state index in [1.165, 1.54) is 4.90 Å². The molecular weight excluding hydrogens is 272 g/mol. The molecule has 1 aromatic carbocycles. The van der Waals surface area contributed by atoms with Gasteiger partial charge in [-0.25, -0.2) is 14.8 Å². The predicted octanol–water partition coefficient (Wildman–Crippen LogP) is 1.73. The first kappa shape index (κ1) is 13.2.